The Balaban J connectivity index is 4.91. The van der Waals surface area contributed by atoms with Gasteiger partial charge in [0.25, 0.3) is 0 Å². The van der Waals surface area contributed by atoms with Gasteiger partial charge in [0, 0.05) is 11.5 Å². The number of rotatable bonds is 11. The molecule has 0 aromatic carbocycles. The van der Waals surface area contributed by atoms with Gasteiger partial charge in [-0.1, -0.05) is 0 Å². The summed E-state index contributed by atoms with van der Waals surface area (Å²) in [6, 6.07) is -5.22. The lowest BCUT2D eigenvalue weighted by atomic mass is 10.1. The molecule has 0 rings (SSSR count). The summed E-state index contributed by atoms with van der Waals surface area (Å²) in [6.45, 7) is 0.489. The largest absolute Gasteiger partial charge is 0.480 e. The number of aliphatic carboxylic acids is 1. The van der Waals surface area contributed by atoms with Gasteiger partial charge in [-0.25, -0.2) is 4.79 Å². The minimum absolute atomic E-state index is 0.155. The SMILES string of the molecule is CC(O)C(N)C(=O)NC(CS)C(=O)NC(CO)C(=O)NC(CS)C(=O)O. The molecule has 0 aromatic rings. The first-order valence-corrected chi connectivity index (χ1v) is 8.75. The second-order valence-corrected chi connectivity index (χ2v) is 6.07. The van der Waals surface area contributed by atoms with Crippen LogP contribution in [0.4, 0.5) is 0 Å². The Bertz CT molecular complexity index is 521. The first-order valence-electron chi connectivity index (χ1n) is 7.49. The van der Waals surface area contributed by atoms with Gasteiger partial charge in [0.15, 0.2) is 0 Å². The number of amides is 3. The highest BCUT2D eigenvalue weighted by atomic mass is 32.1. The lowest BCUT2D eigenvalue weighted by Crippen LogP contribution is -2.59. The fraction of sp³-hybridized carbons (Fsp3) is 0.692. The topological polar surface area (TPSA) is 191 Å². The van der Waals surface area contributed by atoms with Gasteiger partial charge in [-0.3, -0.25) is 14.4 Å². The summed E-state index contributed by atoms with van der Waals surface area (Å²) in [7, 11) is 0. The van der Waals surface area contributed by atoms with Crippen molar-refractivity contribution in [1.82, 2.24) is 16.0 Å². The number of carboxylic acid groups (broad SMARTS) is 1. The van der Waals surface area contributed by atoms with E-state index >= 15 is 0 Å². The molecule has 0 heterocycles. The van der Waals surface area contributed by atoms with Crippen LogP contribution in [-0.2, 0) is 19.2 Å². The van der Waals surface area contributed by atoms with E-state index in [1.807, 2.05) is 0 Å². The zero-order valence-electron chi connectivity index (χ0n) is 14.0. The first-order chi connectivity index (χ1) is 12.1. The van der Waals surface area contributed by atoms with Crippen molar-refractivity contribution in [3.63, 3.8) is 0 Å². The van der Waals surface area contributed by atoms with Crippen LogP contribution in [0.5, 0.6) is 0 Å². The molecule has 0 aliphatic carbocycles. The number of aliphatic hydroxyl groups excluding tert-OH is 2. The molecular formula is C13H24N4O7S2. The van der Waals surface area contributed by atoms with Crippen molar-refractivity contribution >= 4 is 48.9 Å². The van der Waals surface area contributed by atoms with E-state index in [2.05, 4.69) is 41.2 Å². The van der Waals surface area contributed by atoms with Crippen LogP contribution in [0.1, 0.15) is 6.92 Å². The van der Waals surface area contributed by atoms with Crippen LogP contribution in [0.25, 0.3) is 0 Å². The van der Waals surface area contributed by atoms with Crippen molar-refractivity contribution in [2.75, 3.05) is 18.1 Å². The molecule has 3 amide bonds. The fourth-order valence-corrected chi connectivity index (χ4v) is 2.11. The number of nitrogens with one attached hydrogen (secondary N) is 3. The third kappa shape index (κ3) is 7.78. The zero-order chi connectivity index (χ0) is 20.4. The van der Waals surface area contributed by atoms with E-state index in [1.165, 1.54) is 6.92 Å². The molecule has 0 spiro atoms. The van der Waals surface area contributed by atoms with E-state index in [0.717, 1.165) is 0 Å². The van der Waals surface area contributed by atoms with Crippen molar-refractivity contribution in [2.24, 2.45) is 5.73 Å². The number of carboxylic acids is 1. The average molecular weight is 412 g/mol. The Morgan fingerprint density at radius 1 is 0.923 bits per heavy atom. The molecule has 0 bridgehead atoms. The predicted octanol–water partition coefficient (Wildman–Crippen LogP) is -3.91. The molecule has 0 aliphatic rings. The number of thiol groups is 2. The molecule has 0 aliphatic heterocycles. The second kappa shape index (κ2) is 12.0. The number of nitrogens with two attached hydrogens (primary N) is 1. The summed E-state index contributed by atoms with van der Waals surface area (Å²) in [5.41, 5.74) is 5.45. The molecule has 0 saturated heterocycles. The van der Waals surface area contributed by atoms with Gasteiger partial charge < -0.3 is 37.0 Å². The van der Waals surface area contributed by atoms with Crippen LogP contribution in [0.3, 0.4) is 0 Å². The van der Waals surface area contributed by atoms with Crippen LogP contribution in [0.15, 0.2) is 0 Å². The fourth-order valence-electron chi connectivity index (χ4n) is 1.61. The third-order valence-corrected chi connectivity index (χ3v) is 3.98. The summed E-state index contributed by atoms with van der Waals surface area (Å²) < 4.78 is 0. The molecule has 0 saturated carbocycles. The summed E-state index contributed by atoms with van der Waals surface area (Å²) in [6.07, 6.45) is -1.15. The number of hydrogen-bond donors (Lipinski definition) is 9. The molecule has 11 nitrogen and oxygen atoms in total. The van der Waals surface area contributed by atoms with E-state index in [0.29, 0.717) is 0 Å². The highest BCUT2D eigenvalue weighted by Crippen LogP contribution is 1.97. The Kier molecular flexibility index (Phi) is 11.2. The molecule has 5 atom stereocenters. The van der Waals surface area contributed by atoms with Gasteiger partial charge in [0.1, 0.15) is 24.2 Å². The molecule has 8 N–H and O–H groups in total. The Morgan fingerprint density at radius 3 is 1.73 bits per heavy atom. The molecule has 5 unspecified atom stereocenters. The van der Waals surface area contributed by atoms with Crippen molar-refractivity contribution in [3.8, 4) is 0 Å². The standard InChI is InChI=1S/C13H24N4O7S2/c1-5(19)9(14)12(22)16-7(3-25)11(21)15-6(2-18)10(20)17-8(4-26)13(23)24/h5-9,18-19,25-26H,2-4,14H2,1H3,(H,15,21)(H,16,22)(H,17,20)(H,23,24). The molecule has 150 valence electrons. The highest BCUT2D eigenvalue weighted by Gasteiger charge is 2.29. The minimum atomic E-state index is -1.45. The number of carbonyl (C=O) groups excluding carboxylic acids is 3. The van der Waals surface area contributed by atoms with Crippen molar-refractivity contribution in [3.05, 3.63) is 0 Å². The molecular weight excluding hydrogens is 388 g/mol. The highest BCUT2D eigenvalue weighted by molar-refractivity contribution is 7.80. The molecule has 0 aromatic heterocycles. The van der Waals surface area contributed by atoms with Crippen LogP contribution >= 0.6 is 25.3 Å². The average Bonchev–Trinajstić information content (AvgIpc) is 2.59. The monoisotopic (exact) mass is 412 g/mol. The zero-order valence-corrected chi connectivity index (χ0v) is 15.7. The third-order valence-electron chi connectivity index (χ3n) is 3.25. The number of hydrogen-bond acceptors (Lipinski definition) is 9. The quantitative estimate of drug-likeness (QED) is 0.154. The molecule has 0 fully saturated rings. The van der Waals surface area contributed by atoms with E-state index in [1.54, 1.807) is 0 Å². The lowest BCUT2D eigenvalue weighted by molar-refractivity contribution is -0.142. The predicted molar refractivity (Wildman–Crippen MR) is 97.9 cm³/mol. The van der Waals surface area contributed by atoms with Crippen molar-refractivity contribution < 1.29 is 34.5 Å². The van der Waals surface area contributed by atoms with E-state index in [4.69, 9.17) is 10.8 Å². The number of carbonyl (C=O) groups is 4. The van der Waals surface area contributed by atoms with Crippen LogP contribution < -0.4 is 21.7 Å². The normalized spacial score (nSPS) is 16.5. The van der Waals surface area contributed by atoms with Gasteiger partial charge in [-0.2, -0.15) is 25.3 Å². The Labute approximate surface area is 160 Å². The van der Waals surface area contributed by atoms with E-state index in [-0.39, 0.29) is 11.5 Å². The summed E-state index contributed by atoms with van der Waals surface area (Å²) in [5.74, 6) is -4.27. The molecule has 26 heavy (non-hydrogen) atoms. The van der Waals surface area contributed by atoms with E-state index in [9.17, 15) is 29.4 Å². The van der Waals surface area contributed by atoms with Crippen molar-refractivity contribution in [1.29, 1.82) is 0 Å². The van der Waals surface area contributed by atoms with Gasteiger partial charge >= 0.3 is 5.97 Å². The first kappa shape index (κ1) is 24.5. The van der Waals surface area contributed by atoms with Gasteiger partial charge in [-0.15, -0.1) is 0 Å². The molecule has 0 radical (unpaired) electrons. The van der Waals surface area contributed by atoms with Gasteiger partial charge in [0.2, 0.25) is 17.7 Å². The maximum absolute atomic E-state index is 12.2. The molecule has 13 heteroatoms. The smallest absolute Gasteiger partial charge is 0.327 e. The van der Waals surface area contributed by atoms with Gasteiger partial charge in [-0.05, 0) is 6.92 Å². The summed E-state index contributed by atoms with van der Waals surface area (Å²) >= 11 is 7.70. The second-order valence-electron chi connectivity index (χ2n) is 5.34. The maximum atomic E-state index is 12.2. The maximum Gasteiger partial charge on any atom is 0.327 e. The van der Waals surface area contributed by atoms with Gasteiger partial charge in [0.05, 0.1) is 12.7 Å². The van der Waals surface area contributed by atoms with Crippen LogP contribution in [0.2, 0.25) is 0 Å². The Morgan fingerprint density at radius 2 is 1.35 bits per heavy atom. The minimum Gasteiger partial charge on any atom is -0.480 e. The van der Waals surface area contributed by atoms with Crippen LogP contribution in [0, 0.1) is 0 Å². The number of aliphatic hydroxyl groups is 2. The van der Waals surface area contributed by atoms with Crippen molar-refractivity contribution in [2.45, 2.75) is 37.2 Å². The van der Waals surface area contributed by atoms with Crippen LogP contribution in [-0.4, -0.2) is 87.4 Å². The van der Waals surface area contributed by atoms with E-state index < -0.39 is 60.6 Å². The summed E-state index contributed by atoms with van der Waals surface area (Å²) in [5, 5.41) is 34.0. The lowest BCUT2D eigenvalue weighted by Gasteiger charge is -2.23. The summed E-state index contributed by atoms with van der Waals surface area (Å²) in [4.78, 5) is 46.8. The Hall–Kier alpha value is -1.54.